The van der Waals surface area contributed by atoms with E-state index in [9.17, 15) is 4.79 Å². The first-order valence-corrected chi connectivity index (χ1v) is 6.26. The second kappa shape index (κ2) is 5.98. The van der Waals surface area contributed by atoms with Crippen LogP contribution in [0.5, 0.6) is 0 Å². The molecule has 0 radical (unpaired) electrons. The molecule has 0 saturated carbocycles. The Labute approximate surface area is 107 Å². The van der Waals surface area contributed by atoms with Gasteiger partial charge >= 0.3 is 5.97 Å². The van der Waals surface area contributed by atoms with Crippen LogP contribution in [0.2, 0.25) is 0 Å². The Kier molecular flexibility index (Phi) is 4.33. The van der Waals surface area contributed by atoms with Crippen LogP contribution in [-0.2, 0) is 16.1 Å². The molecule has 0 aromatic heterocycles. The fraction of sp³-hybridized carbons (Fsp3) is 0.500. The summed E-state index contributed by atoms with van der Waals surface area (Å²) in [6, 6.07) is 8.53. The maximum atomic E-state index is 10.5. The van der Waals surface area contributed by atoms with Gasteiger partial charge in [-0.15, -0.1) is 0 Å². The number of ether oxygens (including phenoxy) is 1. The number of carboxylic acids is 1. The van der Waals surface area contributed by atoms with Crippen LogP contribution in [-0.4, -0.2) is 36.2 Å². The maximum Gasteiger partial charge on any atom is 0.303 e. The van der Waals surface area contributed by atoms with Crippen molar-refractivity contribution in [3.8, 4) is 0 Å². The molecule has 0 saturated heterocycles. The zero-order chi connectivity index (χ0) is 13.0. The van der Waals surface area contributed by atoms with Crippen LogP contribution in [0.4, 0.5) is 0 Å². The van der Waals surface area contributed by atoms with Crippen LogP contribution >= 0.6 is 0 Å². The quantitative estimate of drug-likeness (QED) is 0.867. The Balaban J connectivity index is 1.99. The molecule has 1 atom stereocenters. The van der Waals surface area contributed by atoms with E-state index in [2.05, 4.69) is 17.0 Å². The molecule has 0 spiro atoms. The minimum atomic E-state index is -0.733. The number of hydrogen-bond donors (Lipinski definition) is 1. The number of aliphatic carboxylic acids is 1. The number of carbonyl (C=O) groups is 1. The van der Waals surface area contributed by atoms with Gasteiger partial charge in [-0.1, -0.05) is 24.3 Å². The predicted molar refractivity (Wildman–Crippen MR) is 68.3 cm³/mol. The van der Waals surface area contributed by atoms with Crippen molar-refractivity contribution < 1.29 is 14.6 Å². The molecule has 1 heterocycles. The molecule has 4 heteroatoms. The van der Waals surface area contributed by atoms with Crippen molar-refractivity contribution >= 4 is 5.97 Å². The molecule has 1 aliphatic rings. The lowest BCUT2D eigenvalue weighted by molar-refractivity contribution is -0.137. The molecule has 2 rings (SSSR count). The van der Waals surface area contributed by atoms with E-state index in [0.717, 1.165) is 6.54 Å². The summed E-state index contributed by atoms with van der Waals surface area (Å²) in [5.41, 5.74) is 2.54. The zero-order valence-electron chi connectivity index (χ0n) is 10.6. The number of nitrogens with zero attached hydrogens (tertiary/aromatic N) is 1. The average molecular weight is 249 g/mol. The lowest BCUT2D eigenvalue weighted by atomic mass is 9.98. The van der Waals surface area contributed by atoms with Crippen molar-refractivity contribution in [3.05, 3.63) is 35.4 Å². The van der Waals surface area contributed by atoms with Gasteiger partial charge in [0.1, 0.15) is 0 Å². The molecular formula is C14H19NO3. The second-order valence-corrected chi connectivity index (χ2v) is 4.71. The third-order valence-electron chi connectivity index (χ3n) is 3.38. The van der Waals surface area contributed by atoms with Gasteiger partial charge in [-0.25, -0.2) is 0 Å². The van der Waals surface area contributed by atoms with Crippen LogP contribution in [0.1, 0.15) is 30.0 Å². The highest BCUT2D eigenvalue weighted by molar-refractivity contribution is 5.66. The third-order valence-corrected chi connectivity index (χ3v) is 3.38. The zero-order valence-corrected chi connectivity index (χ0v) is 10.6. The molecule has 0 amide bonds. The van der Waals surface area contributed by atoms with Gasteiger partial charge in [0.15, 0.2) is 0 Å². The molecule has 1 aromatic rings. The van der Waals surface area contributed by atoms with E-state index in [1.165, 1.54) is 11.1 Å². The van der Waals surface area contributed by atoms with Crippen LogP contribution in [0.25, 0.3) is 0 Å². The number of rotatable bonds is 5. The Morgan fingerprint density at radius 3 is 3.06 bits per heavy atom. The number of carboxylic acid groups (broad SMARTS) is 1. The van der Waals surface area contributed by atoms with E-state index in [0.29, 0.717) is 19.6 Å². The first-order chi connectivity index (χ1) is 8.68. The Hall–Kier alpha value is -1.39. The summed E-state index contributed by atoms with van der Waals surface area (Å²) >= 11 is 0. The molecule has 4 nitrogen and oxygen atoms in total. The lowest BCUT2D eigenvalue weighted by Gasteiger charge is -2.33. The van der Waals surface area contributed by atoms with Crippen molar-refractivity contribution in [3.63, 3.8) is 0 Å². The van der Waals surface area contributed by atoms with Crippen molar-refractivity contribution in [2.45, 2.75) is 25.5 Å². The Bertz CT molecular complexity index is 419. The van der Waals surface area contributed by atoms with Crippen LogP contribution < -0.4 is 0 Å². The summed E-state index contributed by atoms with van der Waals surface area (Å²) in [7, 11) is 2.03. The Morgan fingerprint density at radius 2 is 2.28 bits per heavy atom. The molecule has 1 N–H and O–H groups in total. The third kappa shape index (κ3) is 3.09. The highest BCUT2D eigenvalue weighted by Gasteiger charge is 2.23. The van der Waals surface area contributed by atoms with E-state index >= 15 is 0 Å². The highest BCUT2D eigenvalue weighted by atomic mass is 16.5. The SMILES string of the molecule is CN(CCCC(=O)O)C1COCc2ccccc21. The van der Waals surface area contributed by atoms with E-state index in [1.807, 2.05) is 19.2 Å². The van der Waals surface area contributed by atoms with Crippen LogP contribution in [0, 0.1) is 0 Å². The minimum Gasteiger partial charge on any atom is -0.481 e. The number of likely N-dealkylation sites (N-methyl/N-ethyl adjacent to an activating group) is 1. The first kappa shape index (κ1) is 13.1. The van der Waals surface area contributed by atoms with Gasteiger partial charge in [0.05, 0.1) is 19.3 Å². The fourth-order valence-corrected chi connectivity index (χ4v) is 2.36. The minimum absolute atomic E-state index is 0.222. The summed E-state index contributed by atoms with van der Waals surface area (Å²) in [5, 5.41) is 8.65. The smallest absolute Gasteiger partial charge is 0.303 e. The molecule has 1 aromatic carbocycles. The largest absolute Gasteiger partial charge is 0.481 e. The summed E-state index contributed by atoms with van der Waals surface area (Å²) in [6.07, 6.45) is 0.893. The van der Waals surface area contributed by atoms with Crippen LogP contribution in [0.3, 0.4) is 0 Å². The van der Waals surface area contributed by atoms with E-state index in [-0.39, 0.29) is 12.5 Å². The van der Waals surface area contributed by atoms with Crippen LogP contribution in [0.15, 0.2) is 24.3 Å². The standard InChI is InChI=1S/C14H19NO3/c1-15(8-4-7-14(16)17)13-10-18-9-11-5-2-3-6-12(11)13/h2-3,5-6,13H,4,7-10H2,1H3,(H,16,17). The van der Waals surface area contributed by atoms with Gasteiger partial charge < -0.3 is 9.84 Å². The molecule has 0 bridgehead atoms. The van der Waals surface area contributed by atoms with E-state index < -0.39 is 5.97 Å². The highest BCUT2D eigenvalue weighted by Crippen LogP contribution is 2.28. The normalized spacial score (nSPS) is 18.7. The molecule has 98 valence electrons. The van der Waals surface area contributed by atoms with Gasteiger partial charge in [-0.3, -0.25) is 9.69 Å². The summed E-state index contributed by atoms with van der Waals surface area (Å²) < 4.78 is 5.60. The van der Waals surface area contributed by atoms with Gasteiger partial charge in [-0.2, -0.15) is 0 Å². The Morgan fingerprint density at radius 1 is 1.50 bits per heavy atom. The van der Waals surface area contributed by atoms with Gasteiger partial charge in [0, 0.05) is 6.42 Å². The molecule has 18 heavy (non-hydrogen) atoms. The second-order valence-electron chi connectivity index (χ2n) is 4.71. The van der Waals surface area contributed by atoms with Gasteiger partial charge in [-0.05, 0) is 31.1 Å². The summed E-state index contributed by atoms with van der Waals surface area (Å²) in [4.78, 5) is 12.7. The summed E-state index contributed by atoms with van der Waals surface area (Å²) in [6.45, 7) is 2.13. The van der Waals surface area contributed by atoms with Gasteiger partial charge in [0.25, 0.3) is 0 Å². The van der Waals surface area contributed by atoms with Gasteiger partial charge in [0.2, 0.25) is 0 Å². The fourth-order valence-electron chi connectivity index (χ4n) is 2.36. The average Bonchev–Trinajstić information content (AvgIpc) is 2.37. The summed E-state index contributed by atoms with van der Waals surface area (Å²) in [5.74, 6) is -0.733. The maximum absolute atomic E-state index is 10.5. The monoisotopic (exact) mass is 249 g/mol. The van der Waals surface area contributed by atoms with Crippen molar-refractivity contribution in [2.75, 3.05) is 20.2 Å². The molecule has 1 unspecified atom stereocenters. The molecule has 1 aliphatic heterocycles. The predicted octanol–water partition coefficient (Wildman–Crippen LogP) is 2.05. The molecule has 0 aliphatic carbocycles. The van der Waals surface area contributed by atoms with E-state index in [1.54, 1.807) is 0 Å². The number of fused-ring (bicyclic) bond motifs is 1. The number of hydrogen-bond acceptors (Lipinski definition) is 3. The van der Waals surface area contributed by atoms with Crippen molar-refractivity contribution in [1.82, 2.24) is 4.90 Å². The first-order valence-electron chi connectivity index (χ1n) is 6.26. The lowest BCUT2D eigenvalue weighted by Crippen LogP contribution is -2.32. The van der Waals surface area contributed by atoms with E-state index in [4.69, 9.17) is 9.84 Å². The molecular weight excluding hydrogens is 230 g/mol. The van der Waals surface area contributed by atoms with Crippen molar-refractivity contribution in [1.29, 1.82) is 0 Å². The van der Waals surface area contributed by atoms with Crippen molar-refractivity contribution in [2.24, 2.45) is 0 Å². The topological polar surface area (TPSA) is 49.8 Å². The molecule has 0 fully saturated rings. The number of benzene rings is 1.